The number of fused-ring (bicyclic) bond motifs is 1. The molecule has 0 unspecified atom stereocenters. The molecule has 4 heterocycles. The van der Waals surface area contributed by atoms with Gasteiger partial charge in [0.25, 0.3) is 5.91 Å². The van der Waals surface area contributed by atoms with E-state index in [2.05, 4.69) is 22.1 Å². The minimum atomic E-state index is -0.407. The van der Waals surface area contributed by atoms with E-state index in [1.165, 1.54) is 9.96 Å². The van der Waals surface area contributed by atoms with Crippen LogP contribution in [-0.4, -0.2) is 36.7 Å². The molecule has 166 valence electrons. The summed E-state index contributed by atoms with van der Waals surface area (Å²) in [5.41, 5.74) is 4.16. The molecule has 5 rings (SSSR count). The van der Waals surface area contributed by atoms with Crippen molar-refractivity contribution in [3.63, 3.8) is 0 Å². The van der Waals surface area contributed by atoms with Crippen molar-refractivity contribution in [3.8, 4) is 0 Å². The first-order valence-electron chi connectivity index (χ1n) is 10.5. The van der Waals surface area contributed by atoms with Gasteiger partial charge in [-0.05, 0) is 42.5 Å². The third-order valence-corrected chi connectivity index (χ3v) is 7.19. The molecule has 1 atom stereocenters. The van der Waals surface area contributed by atoms with Gasteiger partial charge in [0.05, 0.1) is 22.4 Å². The molecule has 3 aromatic heterocycles. The molecule has 4 aromatic rings. The summed E-state index contributed by atoms with van der Waals surface area (Å²) in [6, 6.07) is 15.7. The molecule has 0 bridgehead atoms. The van der Waals surface area contributed by atoms with Gasteiger partial charge in [-0.1, -0.05) is 53.7 Å². The maximum atomic E-state index is 13.2. The summed E-state index contributed by atoms with van der Waals surface area (Å²) >= 11 is 2.77. The van der Waals surface area contributed by atoms with Crippen molar-refractivity contribution < 1.29 is 4.79 Å². The second kappa shape index (κ2) is 8.92. The Morgan fingerprint density at radius 3 is 2.64 bits per heavy atom. The fraction of sp³-hybridized carbons (Fsp3) is 0.208. The molecule has 1 amide bonds. The van der Waals surface area contributed by atoms with Crippen LogP contribution in [0.2, 0.25) is 0 Å². The predicted molar refractivity (Wildman–Crippen MR) is 131 cm³/mol. The first-order valence-corrected chi connectivity index (χ1v) is 12.3. The van der Waals surface area contributed by atoms with E-state index in [1.807, 2.05) is 49.6 Å². The van der Waals surface area contributed by atoms with Crippen molar-refractivity contribution in [2.45, 2.75) is 31.5 Å². The molecule has 0 saturated heterocycles. The summed E-state index contributed by atoms with van der Waals surface area (Å²) in [6.07, 6.45) is 2.36. The topological polar surface area (TPSA) is 79.9 Å². The monoisotopic (exact) mass is 475 g/mol. The standard InChI is InChI=1S/C24H21N5O2S2/c1-15-5-8-17(9-6-15)19-12-18(20-4-3-11-32-20)27-29(19)22(30)14-33-23-25-21-10-7-16(2)13-28(21)24(31)26-23/h3-11,13,19H,12,14H2,1-2H3/t19-/m0/s1. The molecule has 0 N–H and O–H groups in total. The average molecular weight is 476 g/mol. The molecule has 9 heteroatoms. The average Bonchev–Trinajstić information content (AvgIpc) is 3.49. The van der Waals surface area contributed by atoms with E-state index in [9.17, 15) is 9.59 Å². The van der Waals surface area contributed by atoms with E-state index in [4.69, 9.17) is 5.10 Å². The highest BCUT2D eigenvalue weighted by Crippen LogP contribution is 2.34. The highest BCUT2D eigenvalue weighted by Gasteiger charge is 2.33. The lowest BCUT2D eigenvalue weighted by Crippen LogP contribution is -2.29. The van der Waals surface area contributed by atoms with Gasteiger partial charge in [0, 0.05) is 12.6 Å². The molecule has 0 saturated carbocycles. The summed E-state index contributed by atoms with van der Waals surface area (Å²) in [7, 11) is 0. The van der Waals surface area contributed by atoms with Gasteiger partial charge < -0.3 is 0 Å². The zero-order chi connectivity index (χ0) is 22.9. The summed E-state index contributed by atoms with van der Waals surface area (Å²) in [5.74, 6) is -0.0600. The minimum absolute atomic E-state index is 0.0883. The van der Waals surface area contributed by atoms with Crippen molar-refractivity contribution in [3.05, 3.63) is 92.2 Å². The van der Waals surface area contributed by atoms with Crippen LogP contribution in [0.5, 0.6) is 0 Å². The van der Waals surface area contributed by atoms with E-state index in [-0.39, 0.29) is 22.9 Å². The number of aromatic nitrogens is 3. The van der Waals surface area contributed by atoms with E-state index < -0.39 is 5.69 Å². The molecule has 7 nitrogen and oxygen atoms in total. The van der Waals surface area contributed by atoms with E-state index >= 15 is 0 Å². The molecular weight excluding hydrogens is 454 g/mol. The number of hydrogen-bond donors (Lipinski definition) is 0. The van der Waals surface area contributed by atoms with Crippen molar-refractivity contribution in [1.82, 2.24) is 19.4 Å². The molecule has 0 aliphatic carbocycles. The van der Waals surface area contributed by atoms with Gasteiger partial charge in [-0.3, -0.25) is 9.20 Å². The molecule has 1 aliphatic rings. The third kappa shape index (κ3) is 4.46. The number of carbonyl (C=O) groups is 1. The second-order valence-corrected chi connectivity index (χ2v) is 9.80. The summed E-state index contributed by atoms with van der Waals surface area (Å²) in [6.45, 7) is 3.94. The first kappa shape index (κ1) is 21.5. The zero-order valence-electron chi connectivity index (χ0n) is 18.1. The fourth-order valence-corrected chi connectivity index (χ4v) is 5.15. The smallest absolute Gasteiger partial charge is 0.272 e. The molecular formula is C24H21N5O2S2. The fourth-order valence-electron chi connectivity index (χ4n) is 3.74. The molecule has 33 heavy (non-hydrogen) atoms. The Kier molecular flexibility index (Phi) is 5.82. The van der Waals surface area contributed by atoms with Crippen LogP contribution in [0.3, 0.4) is 0 Å². The molecule has 1 aliphatic heterocycles. The maximum absolute atomic E-state index is 13.2. The SMILES string of the molecule is Cc1ccc([C@@H]2CC(c3cccs3)=NN2C(=O)CSc2nc(=O)n3cc(C)ccc3n2)cc1. The maximum Gasteiger partial charge on any atom is 0.355 e. The lowest BCUT2D eigenvalue weighted by molar-refractivity contribution is -0.130. The normalized spacial score (nSPS) is 15.8. The van der Waals surface area contributed by atoms with Gasteiger partial charge in [0.2, 0.25) is 0 Å². The highest BCUT2D eigenvalue weighted by atomic mass is 32.2. The minimum Gasteiger partial charge on any atom is -0.272 e. The zero-order valence-corrected chi connectivity index (χ0v) is 19.8. The largest absolute Gasteiger partial charge is 0.355 e. The predicted octanol–water partition coefficient (Wildman–Crippen LogP) is 4.24. The second-order valence-electron chi connectivity index (χ2n) is 7.90. The lowest BCUT2D eigenvalue weighted by Gasteiger charge is -2.22. The van der Waals surface area contributed by atoms with Crippen LogP contribution in [0.1, 0.15) is 34.0 Å². The number of amides is 1. The Hall–Kier alpha value is -3.30. The number of hydrazone groups is 1. The number of rotatable bonds is 5. The summed E-state index contributed by atoms with van der Waals surface area (Å²) in [4.78, 5) is 35.1. The number of thioether (sulfide) groups is 1. The Morgan fingerprint density at radius 1 is 1.09 bits per heavy atom. The van der Waals surface area contributed by atoms with E-state index in [0.717, 1.165) is 33.5 Å². The van der Waals surface area contributed by atoms with Crippen LogP contribution in [0.25, 0.3) is 5.65 Å². The number of nitrogens with zero attached hydrogens (tertiary/aromatic N) is 5. The van der Waals surface area contributed by atoms with Crippen molar-refractivity contribution in [1.29, 1.82) is 0 Å². The Balaban J connectivity index is 1.39. The first-order chi connectivity index (χ1) is 16.0. The van der Waals surface area contributed by atoms with Gasteiger partial charge in [-0.2, -0.15) is 10.1 Å². The Bertz CT molecular complexity index is 1410. The van der Waals surface area contributed by atoms with Crippen LogP contribution in [0.15, 0.2) is 75.2 Å². The number of carbonyl (C=O) groups excluding carboxylic acids is 1. The van der Waals surface area contributed by atoms with Crippen molar-refractivity contribution in [2.24, 2.45) is 5.10 Å². The van der Waals surface area contributed by atoms with Crippen LogP contribution in [-0.2, 0) is 4.79 Å². The van der Waals surface area contributed by atoms with Crippen LogP contribution < -0.4 is 5.69 Å². The number of thiophene rings is 1. The van der Waals surface area contributed by atoms with Gasteiger partial charge in [-0.25, -0.2) is 14.8 Å². The number of aryl methyl sites for hydroxylation is 2. The van der Waals surface area contributed by atoms with Crippen LogP contribution in [0.4, 0.5) is 0 Å². The quantitative estimate of drug-likeness (QED) is 0.404. The van der Waals surface area contributed by atoms with Crippen LogP contribution in [0, 0.1) is 13.8 Å². The van der Waals surface area contributed by atoms with Gasteiger partial charge in [0.1, 0.15) is 5.65 Å². The Labute approximate surface area is 198 Å². The van der Waals surface area contributed by atoms with Gasteiger partial charge in [0.15, 0.2) is 5.16 Å². The third-order valence-electron chi connectivity index (χ3n) is 5.44. The molecule has 0 fully saturated rings. The highest BCUT2D eigenvalue weighted by molar-refractivity contribution is 7.99. The van der Waals surface area contributed by atoms with Gasteiger partial charge in [-0.15, -0.1) is 11.3 Å². The molecule has 0 spiro atoms. The summed E-state index contributed by atoms with van der Waals surface area (Å²) in [5, 5.41) is 8.56. The number of pyridine rings is 1. The Morgan fingerprint density at radius 2 is 1.88 bits per heavy atom. The number of benzene rings is 1. The van der Waals surface area contributed by atoms with Crippen LogP contribution >= 0.6 is 23.1 Å². The van der Waals surface area contributed by atoms with E-state index in [1.54, 1.807) is 28.6 Å². The van der Waals surface area contributed by atoms with E-state index in [0.29, 0.717) is 12.1 Å². The molecule has 1 aromatic carbocycles. The molecule has 0 radical (unpaired) electrons. The van der Waals surface area contributed by atoms with Gasteiger partial charge >= 0.3 is 5.69 Å². The number of hydrogen-bond acceptors (Lipinski definition) is 7. The lowest BCUT2D eigenvalue weighted by atomic mass is 10.00. The van der Waals surface area contributed by atoms with Crippen molar-refractivity contribution in [2.75, 3.05) is 5.75 Å². The summed E-state index contributed by atoms with van der Waals surface area (Å²) < 4.78 is 1.41. The van der Waals surface area contributed by atoms with Crippen molar-refractivity contribution >= 4 is 40.4 Å².